The number of halogens is 2. The van der Waals surface area contributed by atoms with Crippen LogP contribution in [0.15, 0.2) is 34.8 Å². The third kappa shape index (κ3) is 4.61. The number of nitrogens with one attached hydrogen (secondary N) is 1. The average Bonchev–Trinajstić information content (AvgIpc) is 2.82. The van der Waals surface area contributed by atoms with E-state index in [4.69, 9.17) is 16.7 Å². The van der Waals surface area contributed by atoms with Gasteiger partial charge in [0.15, 0.2) is 0 Å². The highest BCUT2D eigenvalue weighted by molar-refractivity contribution is 9.10. The third-order valence-corrected chi connectivity index (χ3v) is 5.62. The minimum Gasteiger partial charge on any atom is -0.395 e. The number of hydrogen-bond donors (Lipinski definition) is 2. The maximum absolute atomic E-state index is 9.05. The van der Waals surface area contributed by atoms with Gasteiger partial charge >= 0.3 is 0 Å². The minimum atomic E-state index is 0.169. The van der Waals surface area contributed by atoms with Gasteiger partial charge in [0.2, 0.25) is 0 Å². The van der Waals surface area contributed by atoms with E-state index in [0.717, 1.165) is 33.3 Å². The Morgan fingerprint density at radius 1 is 1.33 bits per heavy atom. The SMILES string of the molecule is CCN(CCO)c1ccc(NCc2cc(Br)c(Cl)s2)cc1. The number of hydrogen-bond acceptors (Lipinski definition) is 4. The highest BCUT2D eigenvalue weighted by Crippen LogP contribution is 2.32. The van der Waals surface area contributed by atoms with Crippen molar-refractivity contribution < 1.29 is 5.11 Å². The minimum absolute atomic E-state index is 0.169. The van der Waals surface area contributed by atoms with E-state index in [2.05, 4.69) is 57.3 Å². The first-order valence-electron chi connectivity index (χ1n) is 6.77. The Bertz CT molecular complexity index is 554. The molecule has 2 rings (SSSR count). The molecule has 0 aliphatic carbocycles. The van der Waals surface area contributed by atoms with Gasteiger partial charge in [-0.25, -0.2) is 0 Å². The van der Waals surface area contributed by atoms with Gasteiger partial charge in [0.05, 0.1) is 6.61 Å². The molecule has 0 fully saturated rings. The molecule has 6 heteroatoms. The fraction of sp³-hybridized carbons (Fsp3) is 0.333. The summed E-state index contributed by atoms with van der Waals surface area (Å²) in [5.41, 5.74) is 2.19. The van der Waals surface area contributed by atoms with Gasteiger partial charge in [0, 0.05) is 40.4 Å². The van der Waals surface area contributed by atoms with Crippen LogP contribution in [0.5, 0.6) is 0 Å². The zero-order chi connectivity index (χ0) is 15.2. The van der Waals surface area contributed by atoms with Crippen molar-refractivity contribution in [3.8, 4) is 0 Å². The van der Waals surface area contributed by atoms with E-state index in [1.165, 1.54) is 4.88 Å². The molecule has 0 aliphatic heterocycles. The number of benzene rings is 1. The highest BCUT2D eigenvalue weighted by Gasteiger charge is 2.05. The summed E-state index contributed by atoms with van der Waals surface area (Å²) >= 11 is 11.0. The van der Waals surface area contributed by atoms with Gasteiger partial charge in [0.25, 0.3) is 0 Å². The number of anilines is 2. The molecule has 0 unspecified atom stereocenters. The predicted octanol–water partition coefficient (Wildman–Crippen LogP) is 4.59. The van der Waals surface area contributed by atoms with Crippen LogP contribution in [0.25, 0.3) is 0 Å². The molecule has 2 N–H and O–H groups in total. The predicted molar refractivity (Wildman–Crippen MR) is 95.8 cm³/mol. The average molecular weight is 390 g/mol. The number of nitrogens with zero attached hydrogens (tertiary/aromatic N) is 1. The smallest absolute Gasteiger partial charge is 0.107 e. The third-order valence-electron chi connectivity index (χ3n) is 3.15. The van der Waals surface area contributed by atoms with Crippen molar-refractivity contribution in [3.63, 3.8) is 0 Å². The summed E-state index contributed by atoms with van der Waals surface area (Å²) in [6, 6.07) is 10.3. The van der Waals surface area contributed by atoms with E-state index >= 15 is 0 Å². The second kappa shape index (κ2) is 8.03. The number of thiophene rings is 1. The number of aliphatic hydroxyl groups excluding tert-OH is 1. The van der Waals surface area contributed by atoms with Crippen LogP contribution in [0, 0.1) is 0 Å². The largest absolute Gasteiger partial charge is 0.395 e. The molecule has 21 heavy (non-hydrogen) atoms. The van der Waals surface area contributed by atoms with Crippen LogP contribution in [0.3, 0.4) is 0 Å². The van der Waals surface area contributed by atoms with E-state index in [-0.39, 0.29) is 6.61 Å². The molecule has 0 saturated carbocycles. The molecule has 0 amide bonds. The monoisotopic (exact) mass is 388 g/mol. The van der Waals surface area contributed by atoms with Crippen LogP contribution in [0.1, 0.15) is 11.8 Å². The number of likely N-dealkylation sites (N-methyl/N-ethyl adjacent to an activating group) is 1. The normalized spacial score (nSPS) is 10.7. The Labute approximate surface area is 142 Å². The van der Waals surface area contributed by atoms with Gasteiger partial charge in [-0.3, -0.25) is 0 Å². The Hall–Kier alpha value is -0.750. The van der Waals surface area contributed by atoms with Crippen LogP contribution in [-0.4, -0.2) is 24.8 Å². The van der Waals surface area contributed by atoms with Crippen LogP contribution >= 0.6 is 38.9 Å². The lowest BCUT2D eigenvalue weighted by molar-refractivity contribution is 0.302. The number of rotatable bonds is 7. The topological polar surface area (TPSA) is 35.5 Å². The Morgan fingerprint density at radius 3 is 2.57 bits per heavy atom. The quantitative estimate of drug-likeness (QED) is 0.726. The molecule has 0 saturated heterocycles. The zero-order valence-corrected chi connectivity index (χ0v) is 14.9. The van der Waals surface area contributed by atoms with Gasteiger partial charge in [-0.1, -0.05) is 11.6 Å². The van der Waals surface area contributed by atoms with Crippen molar-refractivity contribution in [2.45, 2.75) is 13.5 Å². The summed E-state index contributed by atoms with van der Waals surface area (Å²) in [6.45, 7) is 4.55. The molecular weight excluding hydrogens is 372 g/mol. The zero-order valence-electron chi connectivity index (χ0n) is 11.8. The summed E-state index contributed by atoms with van der Waals surface area (Å²) in [4.78, 5) is 3.33. The van der Waals surface area contributed by atoms with Crippen LogP contribution in [-0.2, 0) is 6.54 Å². The molecule has 0 radical (unpaired) electrons. The van der Waals surface area contributed by atoms with E-state index in [1.807, 2.05) is 6.07 Å². The molecule has 2 aromatic rings. The first-order chi connectivity index (χ1) is 10.1. The first-order valence-corrected chi connectivity index (χ1v) is 8.76. The molecule has 0 aliphatic rings. The number of aliphatic hydroxyl groups is 1. The van der Waals surface area contributed by atoms with Gasteiger partial charge in [-0.15, -0.1) is 11.3 Å². The van der Waals surface area contributed by atoms with Gasteiger partial charge in [-0.05, 0) is 53.2 Å². The maximum atomic E-state index is 9.05. The Balaban J connectivity index is 1.95. The fourth-order valence-electron chi connectivity index (χ4n) is 2.05. The molecule has 3 nitrogen and oxygen atoms in total. The summed E-state index contributed by atoms with van der Waals surface area (Å²) in [7, 11) is 0. The molecule has 1 heterocycles. The fourth-order valence-corrected chi connectivity index (χ4v) is 3.78. The molecule has 1 aromatic carbocycles. The molecule has 0 atom stereocenters. The van der Waals surface area contributed by atoms with Crippen molar-refractivity contribution in [2.24, 2.45) is 0 Å². The summed E-state index contributed by atoms with van der Waals surface area (Å²) in [5.74, 6) is 0. The van der Waals surface area contributed by atoms with Gasteiger partial charge < -0.3 is 15.3 Å². The summed E-state index contributed by atoms with van der Waals surface area (Å²) < 4.78 is 1.73. The Morgan fingerprint density at radius 2 is 2.05 bits per heavy atom. The van der Waals surface area contributed by atoms with Gasteiger partial charge in [0.1, 0.15) is 4.34 Å². The second-order valence-electron chi connectivity index (χ2n) is 4.54. The van der Waals surface area contributed by atoms with Crippen LogP contribution in [0.4, 0.5) is 11.4 Å². The standard InChI is InChI=1S/C15H18BrClN2OS/c1-2-19(7-8-20)12-5-3-11(4-6-12)18-10-13-9-14(16)15(17)21-13/h3-6,9,18,20H,2,7-8,10H2,1H3. The van der Waals surface area contributed by atoms with Crippen LogP contribution < -0.4 is 10.2 Å². The van der Waals surface area contributed by atoms with Crippen LogP contribution in [0.2, 0.25) is 4.34 Å². The molecule has 1 aromatic heterocycles. The van der Waals surface area contributed by atoms with Gasteiger partial charge in [-0.2, -0.15) is 0 Å². The summed E-state index contributed by atoms with van der Waals surface area (Å²) in [5, 5.41) is 12.4. The van der Waals surface area contributed by atoms with Crippen molar-refractivity contribution in [3.05, 3.63) is 44.0 Å². The molecule has 0 bridgehead atoms. The lowest BCUT2D eigenvalue weighted by Gasteiger charge is -2.22. The lowest BCUT2D eigenvalue weighted by Crippen LogP contribution is -2.25. The van der Waals surface area contributed by atoms with E-state index in [1.54, 1.807) is 11.3 Å². The summed E-state index contributed by atoms with van der Waals surface area (Å²) in [6.07, 6.45) is 0. The van der Waals surface area contributed by atoms with E-state index in [0.29, 0.717) is 6.54 Å². The molecule has 0 spiro atoms. The van der Waals surface area contributed by atoms with Crippen molar-refractivity contribution in [2.75, 3.05) is 29.9 Å². The van der Waals surface area contributed by atoms with E-state index in [9.17, 15) is 0 Å². The molecular formula is C15H18BrClN2OS. The van der Waals surface area contributed by atoms with Crippen molar-refractivity contribution in [1.82, 2.24) is 0 Å². The van der Waals surface area contributed by atoms with Crippen molar-refractivity contribution in [1.29, 1.82) is 0 Å². The first kappa shape index (κ1) is 16.6. The lowest BCUT2D eigenvalue weighted by atomic mass is 10.2. The van der Waals surface area contributed by atoms with Crippen molar-refractivity contribution >= 4 is 50.2 Å². The highest BCUT2D eigenvalue weighted by atomic mass is 79.9. The Kier molecular flexibility index (Phi) is 6.36. The van der Waals surface area contributed by atoms with E-state index < -0.39 is 0 Å². The second-order valence-corrected chi connectivity index (χ2v) is 7.13. The molecule has 114 valence electrons. The maximum Gasteiger partial charge on any atom is 0.107 e.